The number of aromatic nitrogens is 1. The SMILES string of the molecule is C[C@](N)(CO)c1ccccn1. The highest BCUT2D eigenvalue weighted by Crippen LogP contribution is 2.12. The molecule has 0 radical (unpaired) electrons. The van der Waals surface area contributed by atoms with Gasteiger partial charge in [0.15, 0.2) is 0 Å². The first-order chi connectivity index (χ1) is 5.17. The maximum Gasteiger partial charge on any atom is 0.0789 e. The lowest BCUT2D eigenvalue weighted by Gasteiger charge is -2.20. The zero-order valence-electron chi connectivity index (χ0n) is 6.49. The summed E-state index contributed by atoms with van der Waals surface area (Å²) in [5.41, 5.74) is 5.71. The van der Waals surface area contributed by atoms with Gasteiger partial charge in [-0.15, -0.1) is 0 Å². The summed E-state index contributed by atoms with van der Waals surface area (Å²) in [5, 5.41) is 8.88. The van der Waals surface area contributed by atoms with Gasteiger partial charge >= 0.3 is 0 Å². The number of rotatable bonds is 2. The predicted octanol–water partition coefficient (Wildman–Crippen LogP) is 0.248. The minimum atomic E-state index is -0.721. The number of hydrogen-bond acceptors (Lipinski definition) is 3. The average molecular weight is 152 g/mol. The molecule has 1 heterocycles. The van der Waals surface area contributed by atoms with Crippen LogP contribution in [-0.4, -0.2) is 16.7 Å². The van der Waals surface area contributed by atoms with Gasteiger partial charge in [-0.05, 0) is 19.1 Å². The van der Waals surface area contributed by atoms with Gasteiger partial charge in [0, 0.05) is 6.20 Å². The number of aliphatic hydroxyl groups is 1. The fourth-order valence-corrected chi connectivity index (χ4v) is 0.782. The van der Waals surface area contributed by atoms with Crippen molar-refractivity contribution in [2.45, 2.75) is 12.5 Å². The summed E-state index contributed by atoms with van der Waals surface area (Å²) >= 11 is 0. The van der Waals surface area contributed by atoms with Gasteiger partial charge in [-0.25, -0.2) is 0 Å². The van der Waals surface area contributed by atoms with Crippen LogP contribution in [0.2, 0.25) is 0 Å². The number of aliphatic hydroxyl groups excluding tert-OH is 1. The quantitative estimate of drug-likeness (QED) is 0.638. The Balaban J connectivity index is 2.93. The molecule has 3 heteroatoms. The van der Waals surface area contributed by atoms with Crippen molar-refractivity contribution in [2.24, 2.45) is 5.73 Å². The summed E-state index contributed by atoms with van der Waals surface area (Å²) in [6.07, 6.45) is 1.66. The van der Waals surface area contributed by atoms with Crippen LogP contribution in [0.5, 0.6) is 0 Å². The lowest BCUT2D eigenvalue weighted by Crippen LogP contribution is -2.37. The molecule has 0 saturated heterocycles. The highest BCUT2D eigenvalue weighted by Gasteiger charge is 2.20. The minimum Gasteiger partial charge on any atom is -0.394 e. The summed E-state index contributed by atoms with van der Waals surface area (Å²) in [5.74, 6) is 0. The minimum absolute atomic E-state index is 0.0932. The van der Waals surface area contributed by atoms with Crippen LogP contribution in [0.15, 0.2) is 24.4 Å². The van der Waals surface area contributed by atoms with E-state index >= 15 is 0 Å². The van der Waals surface area contributed by atoms with E-state index in [-0.39, 0.29) is 6.61 Å². The van der Waals surface area contributed by atoms with Crippen molar-refractivity contribution in [1.82, 2.24) is 4.98 Å². The van der Waals surface area contributed by atoms with Gasteiger partial charge in [-0.3, -0.25) is 4.98 Å². The molecular formula is C8H12N2O. The molecule has 1 atom stereocenters. The first-order valence-electron chi connectivity index (χ1n) is 3.48. The molecule has 0 fully saturated rings. The van der Waals surface area contributed by atoms with Crippen LogP contribution in [0.3, 0.4) is 0 Å². The molecule has 60 valence electrons. The molecular weight excluding hydrogens is 140 g/mol. The Hall–Kier alpha value is -0.930. The maximum absolute atomic E-state index is 8.88. The monoisotopic (exact) mass is 152 g/mol. The van der Waals surface area contributed by atoms with Crippen molar-refractivity contribution in [3.05, 3.63) is 30.1 Å². The van der Waals surface area contributed by atoms with Crippen LogP contribution >= 0.6 is 0 Å². The van der Waals surface area contributed by atoms with Crippen molar-refractivity contribution in [3.63, 3.8) is 0 Å². The zero-order valence-corrected chi connectivity index (χ0v) is 6.49. The van der Waals surface area contributed by atoms with Gasteiger partial charge in [0.25, 0.3) is 0 Å². The summed E-state index contributed by atoms with van der Waals surface area (Å²) in [6, 6.07) is 5.47. The Morgan fingerprint density at radius 1 is 1.64 bits per heavy atom. The molecule has 1 aromatic rings. The molecule has 1 rings (SSSR count). The molecule has 1 aromatic heterocycles. The van der Waals surface area contributed by atoms with Crippen LogP contribution in [-0.2, 0) is 5.54 Å². The summed E-state index contributed by atoms with van der Waals surface area (Å²) in [6.45, 7) is 1.65. The van der Waals surface area contributed by atoms with Crippen LogP contribution in [0, 0.1) is 0 Å². The van der Waals surface area contributed by atoms with Crippen molar-refractivity contribution >= 4 is 0 Å². The molecule has 3 nitrogen and oxygen atoms in total. The smallest absolute Gasteiger partial charge is 0.0789 e. The van der Waals surface area contributed by atoms with Gasteiger partial charge in [0.1, 0.15) is 0 Å². The Morgan fingerprint density at radius 3 is 2.82 bits per heavy atom. The fraction of sp³-hybridized carbons (Fsp3) is 0.375. The van der Waals surface area contributed by atoms with Gasteiger partial charge in [0.05, 0.1) is 17.8 Å². The van der Waals surface area contributed by atoms with Crippen LogP contribution in [0.4, 0.5) is 0 Å². The maximum atomic E-state index is 8.88. The molecule has 0 amide bonds. The van der Waals surface area contributed by atoms with E-state index in [1.807, 2.05) is 12.1 Å². The molecule has 0 spiro atoms. The van der Waals surface area contributed by atoms with Crippen LogP contribution < -0.4 is 5.73 Å². The lowest BCUT2D eigenvalue weighted by molar-refractivity contribution is 0.207. The van der Waals surface area contributed by atoms with Crippen molar-refractivity contribution in [2.75, 3.05) is 6.61 Å². The first kappa shape index (κ1) is 8.17. The third-order valence-corrected chi connectivity index (χ3v) is 1.58. The number of pyridine rings is 1. The molecule has 0 aromatic carbocycles. The van der Waals surface area contributed by atoms with E-state index in [1.54, 1.807) is 19.2 Å². The molecule has 0 saturated carbocycles. The lowest BCUT2D eigenvalue weighted by atomic mass is 10.0. The second-order valence-electron chi connectivity index (χ2n) is 2.79. The van der Waals surface area contributed by atoms with Crippen molar-refractivity contribution < 1.29 is 5.11 Å². The Bertz CT molecular complexity index is 221. The van der Waals surface area contributed by atoms with E-state index in [4.69, 9.17) is 10.8 Å². The Morgan fingerprint density at radius 2 is 2.36 bits per heavy atom. The highest BCUT2D eigenvalue weighted by atomic mass is 16.3. The zero-order chi connectivity index (χ0) is 8.32. The second-order valence-corrected chi connectivity index (χ2v) is 2.79. The van der Waals surface area contributed by atoms with Gasteiger partial charge in [-0.1, -0.05) is 6.07 Å². The third-order valence-electron chi connectivity index (χ3n) is 1.58. The first-order valence-corrected chi connectivity index (χ1v) is 3.48. The largest absolute Gasteiger partial charge is 0.394 e. The molecule has 0 aliphatic rings. The standard InChI is InChI=1S/C8H12N2O/c1-8(9,6-11)7-4-2-3-5-10-7/h2-5,11H,6,9H2,1H3/t8-/m0/s1. The second kappa shape index (κ2) is 2.98. The average Bonchev–Trinajstić information content (AvgIpc) is 2.06. The van der Waals surface area contributed by atoms with Gasteiger partial charge < -0.3 is 10.8 Å². The molecule has 0 unspecified atom stereocenters. The normalized spacial score (nSPS) is 15.9. The summed E-state index contributed by atoms with van der Waals surface area (Å²) in [4.78, 5) is 4.04. The molecule has 11 heavy (non-hydrogen) atoms. The van der Waals surface area contributed by atoms with Crippen LogP contribution in [0.1, 0.15) is 12.6 Å². The number of nitrogens with zero attached hydrogens (tertiary/aromatic N) is 1. The molecule has 3 N–H and O–H groups in total. The molecule has 0 aliphatic carbocycles. The van der Waals surface area contributed by atoms with E-state index in [2.05, 4.69) is 4.98 Å². The topological polar surface area (TPSA) is 59.1 Å². The van der Waals surface area contributed by atoms with Crippen molar-refractivity contribution in [3.8, 4) is 0 Å². The Labute approximate surface area is 65.9 Å². The van der Waals surface area contributed by atoms with E-state index < -0.39 is 5.54 Å². The van der Waals surface area contributed by atoms with Gasteiger partial charge in [-0.2, -0.15) is 0 Å². The molecule has 0 aliphatic heterocycles. The molecule has 0 bridgehead atoms. The van der Waals surface area contributed by atoms with Crippen LogP contribution in [0.25, 0.3) is 0 Å². The third kappa shape index (κ3) is 1.76. The van der Waals surface area contributed by atoms with E-state index in [1.165, 1.54) is 0 Å². The Kier molecular flexibility index (Phi) is 2.22. The van der Waals surface area contributed by atoms with Gasteiger partial charge in [0.2, 0.25) is 0 Å². The number of nitrogens with two attached hydrogens (primary N) is 1. The fourth-order valence-electron chi connectivity index (χ4n) is 0.782. The van der Waals surface area contributed by atoms with E-state index in [0.717, 1.165) is 0 Å². The van der Waals surface area contributed by atoms with E-state index in [0.29, 0.717) is 5.69 Å². The highest BCUT2D eigenvalue weighted by molar-refractivity contribution is 5.13. The summed E-state index contributed by atoms with van der Waals surface area (Å²) in [7, 11) is 0. The number of hydrogen-bond donors (Lipinski definition) is 2. The van der Waals surface area contributed by atoms with E-state index in [9.17, 15) is 0 Å². The summed E-state index contributed by atoms with van der Waals surface area (Å²) < 4.78 is 0. The van der Waals surface area contributed by atoms with Crippen molar-refractivity contribution in [1.29, 1.82) is 0 Å². The predicted molar refractivity (Wildman–Crippen MR) is 42.9 cm³/mol.